The summed E-state index contributed by atoms with van der Waals surface area (Å²) in [5.41, 5.74) is 0.542. The topological polar surface area (TPSA) is 68.8 Å². The van der Waals surface area contributed by atoms with Crippen molar-refractivity contribution in [3.8, 4) is 11.5 Å². The number of hydrogen-bond donors (Lipinski definition) is 2. The molecule has 0 atom stereocenters. The Morgan fingerprint density at radius 1 is 1.25 bits per heavy atom. The highest BCUT2D eigenvalue weighted by Gasteiger charge is 2.39. The van der Waals surface area contributed by atoms with Gasteiger partial charge in [-0.2, -0.15) is 0 Å². The van der Waals surface area contributed by atoms with Crippen LogP contribution in [0.15, 0.2) is 18.2 Å². The van der Waals surface area contributed by atoms with E-state index in [0.29, 0.717) is 31.3 Å². The normalized spacial score (nSPS) is 16.5. The molecule has 0 aromatic heterocycles. The minimum absolute atomic E-state index is 0.0544. The van der Waals surface area contributed by atoms with E-state index < -0.39 is 5.41 Å². The van der Waals surface area contributed by atoms with Crippen LogP contribution in [0.1, 0.15) is 25.3 Å². The Hall–Kier alpha value is -1.79. The van der Waals surface area contributed by atoms with Gasteiger partial charge < -0.3 is 24.8 Å². The summed E-state index contributed by atoms with van der Waals surface area (Å²) < 4.78 is 16.2. The SMILES string of the molecule is CCOc1ccc(CNC(=O)C2(COC)CCNCC2)cc1OC. The smallest absolute Gasteiger partial charge is 0.228 e. The first-order valence-corrected chi connectivity index (χ1v) is 8.43. The molecule has 2 N–H and O–H groups in total. The third-order valence-corrected chi connectivity index (χ3v) is 4.44. The molecule has 0 saturated carbocycles. The molecular weight excluding hydrogens is 308 g/mol. The molecule has 1 aromatic carbocycles. The number of nitrogens with one attached hydrogen (secondary N) is 2. The van der Waals surface area contributed by atoms with Gasteiger partial charge in [0.2, 0.25) is 5.91 Å². The van der Waals surface area contributed by atoms with Crippen molar-refractivity contribution in [2.75, 3.05) is 40.5 Å². The van der Waals surface area contributed by atoms with Gasteiger partial charge in [-0.1, -0.05) is 6.07 Å². The third-order valence-electron chi connectivity index (χ3n) is 4.44. The lowest BCUT2D eigenvalue weighted by Crippen LogP contribution is -2.49. The van der Waals surface area contributed by atoms with Gasteiger partial charge in [-0.15, -0.1) is 0 Å². The maximum atomic E-state index is 12.7. The van der Waals surface area contributed by atoms with E-state index in [1.807, 2.05) is 25.1 Å². The lowest BCUT2D eigenvalue weighted by Gasteiger charge is -2.35. The van der Waals surface area contributed by atoms with E-state index in [-0.39, 0.29) is 5.91 Å². The van der Waals surface area contributed by atoms with Crippen LogP contribution < -0.4 is 20.1 Å². The van der Waals surface area contributed by atoms with E-state index >= 15 is 0 Å². The van der Waals surface area contributed by atoms with Gasteiger partial charge in [0.05, 0.1) is 25.7 Å². The quantitative estimate of drug-likeness (QED) is 0.757. The maximum absolute atomic E-state index is 12.7. The van der Waals surface area contributed by atoms with Gasteiger partial charge in [0.15, 0.2) is 11.5 Å². The zero-order chi connectivity index (χ0) is 17.4. The number of amides is 1. The maximum Gasteiger partial charge on any atom is 0.228 e. The van der Waals surface area contributed by atoms with Crippen molar-refractivity contribution in [1.29, 1.82) is 0 Å². The number of benzene rings is 1. The van der Waals surface area contributed by atoms with E-state index in [4.69, 9.17) is 14.2 Å². The van der Waals surface area contributed by atoms with Crippen LogP contribution in [-0.2, 0) is 16.1 Å². The van der Waals surface area contributed by atoms with Gasteiger partial charge in [-0.25, -0.2) is 0 Å². The van der Waals surface area contributed by atoms with Crippen LogP contribution in [-0.4, -0.2) is 46.4 Å². The second-order valence-corrected chi connectivity index (χ2v) is 6.06. The van der Waals surface area contributed by atoms with Crippen LogP contribution in [0.3, 0.4) is 0 Å². The van der Waals surface area contributed by atoms with Crippen molar-refractivity contribution in [3.63, 3.8) is 0 Å². The molecule has 6 nitrogen and oxygen atoms in total. The summed E-state index contributed by atoms with van der Waals surface area (Å²) in [6, 6.07) is 5.72. The Kier molecular flexibility index (Phi) is 6.87. The van der Waals surface area contributed by atoms with Crippen molar-refractivity contribution in [2.45, 2.75) is 26.3 Å². The Morgan fingerprint density at radius 3 is 2.62 bits per heavy atom. The molecule has 2 rings (SSSR count). The molecule has 0 aliphatic carbocycles. The Balaban J connectivity index is 2.02. The summed E-state index contributed by atoms with van der Waals surface area (Å²) in [4.78, 5) is 12.7. The summed E-state index contributed by atoms with van der Waals surface area (Å²) in [6.07, 6.45) is 1.58. The molecule has 0 bridgehead atoms. The highest BCUT2D eigenvalue weighted by molar-refractivity contribution is 5.83. The van der Waals surface area contributed by atoms with Gasteiger partial charge in [-0.3, -0.25) is 4.79 Å². The van der Waals surface area contributed by atoms with Crippen LogP contribution in [0, 0.1) is 5.41 Å². The zero-order valence-electron chi connectivity index (χ0n) is 14.8. The highest BCUT2D eigenvalue weighted by atomic mass is 16.5. The van der Waals surface area contributed by atoms with Gasteiger partial charge >= 0.3 is 0 Å². The first-order valence-electron chi connectivity index (χ1n) is 8.43. The van der Waals surface area contributed by atoms with Gasteiger partial charge in [0.1, 0.15) is 0 Å². The van der Waals surface area contributed by atoms with Gasteiger partial charge in [0, 0.05) is 13.7 Å². The monoisotopic (exact) mass is 336 g/mol. The average Bonchev–Trinajstić information content (AvgIpc) is 2.61. The van der Waals surface area contributed by atoms with Crippen molar-refractivity contribution in [2.24, 2.45) is 5.41 Å². The molecule has 1 heterocycles. The Labute approximate surface area is 143 Å². The first kappa shape index (κ1) is 18.5. The molecule has 1 aromatic rings. The van der Waals surface area contributed by atoms with Crippen molar-refractivity contribution < 1.29 is 19.0 Å². The largest absolute Gasteiger partial charge is 0.493 e. The van der Waals surface area contributed by atoms with Crippen LogP contribution in [0.4, 0.5) is 0 Å². The summed E-state index contributed by atoms with van der Waals surface area (Å²) in [5.74, 6) is 1.44. The minimum atomic E-state index is -0.435. The fraction of sp³-hybridized carbons (Fsp3) is 0.611. The molecular formula is C18H28N2O4. The number of rotatable bonds is 8. The van der Waals surface area contributed by atoms with E-state index in [0.717, 1.165) is 31.5 Å². The Bertz CT molecular complexity index is 536. The molecule has 1 saturated heterocycles. The number of piperidine rings is 1. The molecule has 0 unspecified atom stereocenters. The van der Waals surface area contributed by atoms with Crippen LogP contribution in [0.25, 0.3) is 0 Å². The van der Waals surface area contributed by atoms with E-state index in [1.54, 1.807) is 14.2 Å². The molecule has 24 heavy (non-hydrogen) atoms. The van der Waals surface area contributed by atoms with E-state index in [9.17, 15) is 4.79 Å². The third kappa shape index (κ3) is 4.39. The summed E-state index contributed by atoms with van der Waals surface area (Å²) in [7, 11) is 3.26. The second-order valence-electron chi connectivity index (χ2n) is 6.06. The van der Waals surface area contributed by atoms with E-state index in [1.165, 1.54) is 0 Å². The predicted molar refractivity (Wildman–Crippen MR) is 92.4 cm³/mol. The minimum Gasteiger partial charge on any atom is -0.493 e. The second kappa shape index (κ2) is 8.89. The van der Waals surface area contributed by atoms with Crippen molar-refractivity contribution in [1.82, 2.24) is 10.6 Å². The standard InChI is InChI=1S/C18H28N2O4/c1-4-24-15-6-5-14(11-16(15)23-3)12-20-17(21)18(13-22-2)7-9-19-10-8-18/h5-6,11,19H,4,7-10,12-13H2,1-3H3,(H,20,21). The van der Waals surface area contributed by atoms with Gasteiger partial charge in [0.25, 0.3) is 0 Å². The number of hydrogen-bond acceptors (Lipinski definition) is 5. The first-order chi connectivity index (χ1) is 11.6. The molecule has 0 radical (unpaired) electrons. The molecule has 1 aliphatic rings. The predicted octanol–water partition coefficient (Wildman–Crippen LogP) is 1.73. The van der Waals surface area contributed by atoms with Crippen molar-refractivity contribution >= 4 is 5.91 Å². The number of carbonyl (C=O) groups is 1. The van der Waals surface area contributed by atoms with Crippen molar-refractivity contribution in [3.05, 3.63) is 23.8 Å². The average molecular weight is 336 g/mol. The number of methoxy groups -OCH3 is 2. The Morgan fingerprint density at radius 2 is 2.00 bits per heavy atom. The summed E-state index contributed by atoms with van der Waals surface area (Å²) in [5, 5.41) is 6.35. The fourth-order valence-corrected chi connectivity index (χ4v) is 3.09. The molecule has 0 spiro atoms. The molecule has 1 fully saturated rings. The molecule has 6 heteroatoms. The van der Waals surface area contributed by atoms with E-state index in [2.05, 4.69) is 10.6 Å². The lowest BCUT2D eigenvalue weighted by atomic mass is 9.78. The molecule has 1 aliphatic heterocycles. The molecule has 1 amide bonds. The van der Waals surface area contributed by atoms with Gasteiger partial charge in [-0.05, 0) is 50.6 Å². The van der Waals surface area contributed by atoms with Crippen LogP contribution in [0.2, 0.25) is 0 Å². The number of ether oxygens (including phenoxy) is 3. The number of carbonyl (C=O) groups excluding carboxylic acids is 1. The molecule has 134 valence electrons. The summed E-state index contributed by atoms with van der Waals surface area (Å²) in [6.45, 7) is 5.11. The fourth-order valence-electron chi connectivity index (χ4n) is 3.09. The van der Waals surface area contributed by atoms with Crippen LogP contribution >= 0.6 is 0 Å². The lowest BCUT2D eigenvalue weighted by molar-refractivity contribution is -0.136. The van der Waals surface area contributed by atoms with Crippen LogP contribution in [0.5, 0.6) is 11.5 Å². The summed E-state index contributed by atoms with van der Waals surface area (Å²) >= 11 is 0. The highest BCUT2D eigenvalue weighted by Crippen LogP contribution is 2.30. The zero-order valence-corrected chi connectivity index (χ0v) is 14.8.